The normalized spacial score (nSPS) is 21.3. The van der Waals surface area contributed by atoms with Crippen LogP contribution in [0.4, 0.5) is 10.6 Å². The van der Waals surface area contributed by atoms with Gasteiger partial charge in [0.05, 0.1) is 16.2 Å². The molecule has 2 atom stereocenters. The number of nitrogens with zero attached hydrogens (tertiary/aromatic N) is 3. The number of carbonyl (C=O) groups excluding carboxylic acids is 1. The van der Waals surface area contributed by atoms with E-state index in [1.54, 1.807) is 0 Å². The number of hydrogen-bond donors (Lipinski definition) is 2. The van der Waals surface area contributed by atoms with Gasteiger partial charge in [0.25, 0.3) is 0 Å². The van der Waals surface area contributed by atoms with Crippen LogP contribution in [-0.2, 0) is 6.54 Å². The van der Waals surface area contributed by atoms with Crippen molar-refractivity contribution in [3.8, 4) is 0 Å². The molecule has 0 saturated carbocycles. The maximum Gasteiger partial charge on any atom is 0.315 e. The third kappa shape index (κ3) is 3.68. The second-order valence-electron chi connectivity index (χ2n) is 8.36. The van der Waals surface area contributed by atoms with Gasteiger partial charge in [0.1, 0.15) is 5.82 Å². The minimum Gasteiger partial charge on any atom is -0.383 e. The third-order valence-corrected chi connectivity index (χ3v) is 6.40. The SMILES string of the molecule is CC(C)(C)C1CC(CCn2ccc3c(Br)c(N)ncc32)CCN1C(N)=O. The van der Waals surface area contributed by atoms with Crippen molar-refractivity contribution in [1.29, 1.82) is 0 Å². The molecule has 142 valence electrons. The molecule has 1 aliphatic heterocycles. The number of carbonyl (C=O) groups is 1. The second kappa shape index (κ2) is 7.10. The van der Waals surface area contributed by atoms with E-state index in [1.165, 1.54) is 0 Å². The van der Waals surface area contributed by atoms with Gasteiger partial charge in [-0.05, 0) is 52.6 Å². The van der Waals surface area contributed by atoms with Crippen LogP contribution in [0.5, 0.6) is 0 Å². The molecular formula is C19H28BrN5O. The highest BCUT2D eigenvalue weighted by Gasteiger charge is 2.37. The first-order valence-corrected chi connectivity index (χ1v) is 9.92. The lowest BCUT2D eigenvalue weighted by Crippen LogP contribution is -2.53. The number of aryl methyl sites for hydroxylation is 1. The molecular weight excluding hydrogens is 394 g/mol. The molecule has 2 aromatic heterocycles. The van der Waals surface area contributed by atoms with Crippen molar-refractivity contribution in [3.05, 3.63) is 22.9 Å². The van der Waals surface area contributed by atoms with Gasteiger partial charge in [0, 0.05) is 30.7 Å². The topological polar surface area (TPSA) is 90.2 Å². The Morgan fingerprint density at radius 3 is 2.81 bits per heavy atom. The van der Waals surface area contributed by atoms with Gasteiger partial charge in [0.15, 0.2) is 0 Å². The number of aromatic nitrogens is 2. The molecule has 1 saturated heterocycles. The van der Waals surface area contributed by atoms with Gasteiger partial charge >= 0.3 is 6.03 Å². The minimum absolute atomic E-state index is 0.0279. The zero-order chi connectivity index (χ0) is 19.1. The molecule has 2 amide bonds. The van der Waals surface area contributed by atoms with Gasteiger partial charge < -0.3 is 20.9 Å². The Bertz CT molecular complexity index is 810. The van der Waals surface area contributed by atoms with Crippen molar-refractivity contribution in [3.63, 3.8) is 0 Å². The smallest absolute Gasteiger partial charge is 0.315 e. The lowest BCUT2D eigenvalue weighted by molar-refractivity contribution is 0.0646. The summed E-state index contributed by atoms with van der Waals surface area (Å²) < 4.78 is 3.09. The summed E-state index contributed by atoms with van der Waals surface area (Å²) in [5.41, 5.74) is 12.6. The zero-order valence-electron chi connectivity index (χ0n) is 15.7. The highest BCUT2D eigenvalue weighted by molar-refractivity contribution is 9.10. The number of likely N-dealkylation sites (tertiary alicyclic amines) is 1. The molecule has 26 heavy (non-hydrogen) atoms. The van der Waals surface area contributed by atoms with E-state index in [9.17, 15) is 4.79 Å². The number of primary amides is 1. The van der Waals surface area contributed by atoms with Crippen molar-refractivity contribution in [2.75, 3.05) is 12.3 Å². The van der Waals surface area contributed by atoms with Gasteiger partial charge in [-0.25, -0.2) is 9.78 Å². The van der Waals surface area contributed by atoms with Gasteiger partial charge in [-0.1, -0.05) is 20.8 Å². The molecule has 2 unspecified atom stereocenters. The number of rotatable bonds is 3. The average molecular weight is 422 g/mol. The maximum absolute atomic E-state index is 11.8. The Kier molecular flexibility index (Phi) is 5.19. The number of anilines is 1. The summed E-state index contributed by atoms with van der Waals surface area (Å²) in [6.45, 7) is 8.23. The quantitative estimate of drug-likeness (QED) is 0.784. The average Bonchev–Trinajstić information content (AvgIpc) is 2.99. The lowest BCUT2D eigenvalue weighted by atomic mass is 9.76. The molecule has 7 heteroatoms. The maximum atomic E-state index is 11.8. The molecule has 0 aliphatic carbocycles. The van der Waals surface area contributed by atoms with Crippen LogP contribution in [0.3, 0.4) is 0 Å². The number of piperidine rings is 1. The fraction of sp³-hybridized carbons (Fsp3) is 0.579. The number of fused-ring (bicyclic) bond motifs is 1. The summed E-state index contributed by atoms with van der Waals surface area (Å²) in [4.78, 5) is 17.9. The molecule has 0 radical (unpaired) electrons. The summed E-state index contributed by atoms with van der Waals surface area (Å²) in [5, 5.41) is 1.09. The summed E-state index contributed by atoms with van der Waals surface area (Å²) in [5.74, 6) is 1.10. The molecule has 0 spiro atoms. The van der Waals surface area contributed by atoms with E-state index in [1.807, 2.05) is 11.1 Å². The van der Waals surface area contributed by atoms with Crippen LogP contribution >= 0.6 is 15.9 Å². The van der Waals surface area contributed by atoms with E-state index in [2.05, 4.69) is 58.5 Å². The van der Waals surface area contributed by atoms with Crippen LogP contribution < -0.4 is 11.5 Å². The molecule has 0 aromatic carbocycles. The fourth-order valence-electron chi connectivity index (χ4n) is 4.04. The van der Waals surface area contributed by atoms with Crippen LogP contribution in [0.15, 0.2) is 22.9 Å². The van der Waals surface area contributed by atoms with Crippen molar-refractivity contribution >= 4 is 38.7 Å². The number of halogens is 1. The largest absolute Gasteiger partial charge is 0.383 e. The summed E-state index contributed by atoms with van der Waals surface area (Å²) >= 11 is 3.52. The highest BCUT2D eigenvalue weighted by atomic mass is 79.9. The number of pyridine rings is 1. The first kappa shape index (κ1) is 19.0. The number of amides is 2. The van der Waals surface area contributed by atoms with E-state index in [0.717, 1.165) is 47.7 Å². The molecule has 1 aliphatic rings. The van der Waals surface area contributed by atoms with E-state index < -0.39 is 0 Å². The minimum atomic E-state index is -0.298. The van der Waals surface area contributed by atoms with E-state index >= 15 is 0 Å². The van der Waals surface area contributed by atoms with Crippen molar-refractivity contribution < 1.29 is 4.79 Å². The van der Waals surface area contributed by atoms with Crippen molar-refractivity contribution in [2.24, 2.45) is 17.1 Å². The predicted molar refractivity (Wildman–Crippen MR) is 109 cm³/mol. The molecule has 0 bridgehead atoms. The molecule has 3 rings (SSSR count). The molecule has 4 N–H and O–H groups in total. The number of hydrogen-bond acceptors (Lipinski definition) is 3. The predicted octanol–water partition coefficient (Wildman–Crippen LogP) is 3.98. The van der Waals surface area contributed by atoms with Gasteiger partial charge in [0.2, 0.25) is 0 Å². The van der Waals surface area contributed by atoms with Gasteiger partial charge in [-0.15, -0.1) is 0 Å². The van der Waals surface area contributed by atoms with Crippen LogP contribution in [-0.4, -0.2) is 33.1 Å². The zero-order valence-corrected chi connectivity index (χ0v) is 17.3. The second-order valence-corrected chi connectivity index (χ2v) is 9.15. The van der Waals surface area contributed by atoms with Gasteiger partial charge in [-0.2, -0.15) is 0 Å². The van der Waals surface area contributed by atoms with Crippen LogP contribution in [0.25, 0.3) is 10.9 Å². The number of urea groups is 1. The Labute approximate surface area is 163 Å². The van der Waals surface area contributed by atoms with E-state index in [-0.39, 0.29) is 17.5 Å². The number of nitrogens with two attached hydrogens (primary N) is 2. The summed E-state index contributed by atoms with van der Waals surface area (Å²) in [7, 11) is 0. The monoisotopic (exact) mass is 421 g/mol. The van der Waals surface area contributed by atoms with E-state index in [0.29, 0.717) is 11.7 Å². The van der Waals surface area contributed by atoms with Crippen LogP contribution in [0.1, 0.15) is 40.0 Å². The Hall–Kier alpha value is -1.76. The molecule has 2 aromatic rings. The number of nitrogen functional groups attached to an aromatic ring is 1. The van der Waals surface area contributed by atoms with Crippen LogP contribution in [0, 0.1) is 11.3 Å². The Morgan fingerprint density at radius 1 is 1.42 bits per heavy atom. The lowest BCUT2D eigenvalue weighted by Gasteiger charge is -2.45. The highest BCUT2D eigenvalue weighted by Crippen LogP contribution is 2.36. The first-order valence-electron chi connectivity index (χ1n) is 9.13. The van der Waals surface area contributed by atoms with E-state index in [4.69, 9.17) is 11.5 Å². The molecule has 1 fully saturated rings. The Balaban J connectivity index is 1.71. The standard InChI is InChI=1S/C19H28BrN5O/c1-19(2,3)15-10-12(5-9-25(15)18(22)26)4-7-24-8-6-13-14(24)11-23-17(21)16(13)20/h6,8,11-12,15H,4-5,7,9-10H2,1-3H3,(H2,21,23)(H2,22,26). The van der Waals surface area contributed by atoms with Crippen molar-refractivity contribution in [2.45, 2.75) is 52.6 Å². The molecule has 6 nitrogen and oxygen atoms in total. The van der Waals surface area contributed by atoms with Crippen molar-refractivity contribution in [1.82, 2.24) is 14.5 Å². The summed E-state index contributed by atoms with van der Waals surface area (Å²) in [6.07, 6.45) is 7.01. The molecule has 3 heterocycles. The summed E-state index contributed by atoms with van der Waals surface area (Å²) in [6, 6.07) is 1.97. The van der Waals surface area contributed by atoms with Gasteiger partial charge in [-0.3, -0.25) is 0 Å². The van der Waals surface area contributed by atoms with Crippen LogP contribution in [0.2, 0.25) is 0 Å². The Morgan fingerprint density at radius 2 is 2.15 bits per heavy atom. The third-order valence-electron chi connectivity index (χ3n) is 5.57. The first-order chi connectivity index (χ1) is 12.2. The fourth-order valence-corrected chi connectivity index (χ4v) is 4.48.